The summed E-state index contributed by atoms with van der Waals surface area (Å²) in [6, 6.07) is 10.9. The second-order valence-electron chi connectivity index (χ2n) is 6.74. The molecule has 30 heavy (non-hydrogen) atoms. The van der Waals surface area contributed by atoms with Crippen LogP contribution in [-0.4, -0.2) is 62.0 Å². The smallest absolute Gasteiger partial charge is 0.276 e. The molecule has 1 amide bonds. The number of halogens is 1. The lowest BCUT2D eigenvalue weighted by atomic mass is 10.2. The summed E-state index contributed by atoms with van der Waals surface area (Å²) in [4.78, 5) is 26.8. The number of piperazine rings is 1. The van der Waals surface area contributed by atoms with Gasteiger partial charge in [0.1, 0.15) is 5.75 Å². The zero-order chi connectivity index (χ0) is 21.3. The predicted molar refractivity (Wildman–Crippen MR) is 109 cm³/mol. The number of aromatic nitrogens is 3. The first-order valence-electron chi connectivity index (χ1n) is 9.12. The Balaban J connectivity index is 1.42. The van der Waals surface area contributed by atoms with E-state index in [4.69, 9.17) is 11.6 Å². The van der Waals surface area contributed by atoms with Crippen molar-refractivity contribution in [3.05, 3.63) is 69.5 Å². The number of hydrogen-bond acceptors (Lipinski definition) is 7. The lowest BCUT2D eigenvalue weighted by Gasteiger charge is -2.36. The summed E-state index contributed by atoms with van der Waals surface area (Å²) in [6.45, 7) is 1.96. The van der Waals surface area contributed by atoms with Gasteiger partial charge in [-0.05, 0) is 18.2 Å². The summed E-state index contributed by atoms with van der Waals surface area (Å²) in [5, 5.41) is 28.7. The molecule has 0 unspecified atom stereocenters. The summed E-state index contributed by atoms with van der Waals surface area (Å²) in [5.41, 5.74) is 1.44. The highest BCUT2D eigenvalue weighted by Gasteiger charge is 2.25. The summed E-state index contributed by atoms with van der Waals surface area (Å²) in [7, 11) is 0. The number of aromatic hydroxyl groups is 1. The topological polar surface area (TPSA) is 118 Å². The summed E-state index contributed by atoms with van der Waals surface area (Å²) >= 11 is 6.21. The third kappa shape index (κ3) is 3.90. The van der Waals surface area contributed by atoms with Crippen LogP contribution in [0.5, 0.6) is 5.75 Å². The Bertz CT molecular complexity index is 1110. The van der Waals surface area contributed by atoms with Crippen molar-refractivity contribution in [2.24, 2.45) is 0 Å². The van der Waals surface area contributed by atoms with E-state index >= 15 is 0 Å². The van der Waals surface area contributed by atoms with Crippen LogP contribution >= 0.6 is 11.6 Å². The maximum absolute atomic E-state index is 12.8. The van der Waals surface area contributed by atoms with Crippen LogP contribution in [0.1, 0.15) is 10.5 Å². The van der Waals surface area contributed by atoms with Crippen LogP contribution in [-0.2, 0) is 0 Å². The number of nitro benzene ring substituents is 1. The van der Waals surface area contributed by atoms with Crippen molar-refractivity contribution in [1.82, 2.24) is 19.9 Å². The number of carbonyl (C=O) groups excluding carboxylic acids is 1. The van der Waals surface area contributed by atoms with Gasteiger partial charge >= 0.3 is 0 Å². The maximum Gasteiger partial charge on any atom is 0.276 e. The SMILES string of the molecule is O=C(c1cn(-c2cccc(O)c2)nn1)N1CCN(c2ccc([N+](=O)[O-])cc2Cl)CC1. The average Bonchev–Trinajstić information content (AvgIpc) is 3.23. The third-order valence-corrected chi connectivity index (χ3v) is 5.16. The Morgan fingerprint density at radius 2 is 1.90 bits per heavy atom. The predicted octanol–water partition coefficient (Wildman–Crippen LogP) is 2.50. The zero-order valence-corrected chi connectivity index (χ0v) is 16.4. The molecule has 10 nitrogen and oxygen atoms in total. The van der Waals surface area contributed by atoms with Crippen LogP contribution in [0.3, 0.4) is 0 Å². The molecule has 1 aliphatic rings. The molecule has 2 heterocycles. The number of hydrogen-bond donors (Lipinski definition) is 1. The molecule has 1 saturated heterocycles. The Hall–Kier alpha value is -3.66. The fraction of sp³-hybridized carbons (Fsp3) is 0.211. The van der Waals surface area contributed by atoms with Crippen molar-refractivity contribution in [2.45, 2.75) is 0 Å². The highest BCUT2D eigenvalue weighted by atomic mass is 35.5. The van der Waals surface area contributed by atoms with Crippen LogP contribution < -0.4 is 4.90 Å². The number of benzene rings is 2. The number of nitro groups is 1. The Morgan fingerprint density at radius 1 is 1.13 bits per heavy atom. The van der Waals surface area contributed by atoms with Gasteiger partial charge in [-0.3, -0.25) is 14.9 Å². The van der Waals surface area contributed by atoms with Crippen LogP contribution in [0, 0.1) is 10.1 Å². The van der Waals surface area contributed by atoms with Crippen molar-refractivity contribution in [3.8, 4) is 11.4 Å². The molecule has 154 valence electrons. The number of rotatable bonds is 4. The Kier molecular flexibility index (Phi) is 5.23. The van der Waals surface area contributed by atoms with E-state index in [1.807, 2.05) is 4.90 Å². The molecule has 1 fully saturated rings. The fourth-order valence-electron chi connectivity index (χ4n) is 3.30. The van der Waals surface area contributed by atoms with Gasteiger partial charge in [0.25, 0.3) is 11.6 Å². The molecule has 11 heteroatoms. The van der Waals surface area contributed by atoms with E-state index < -0.39 is 4.92 Å². The van der Waals surface area contributed by atoms with E-state index in [1.165, 1.54) is 29.1 Å². The largest absolute Gasteiger partial charge is 0.508 e. The number of carbonyl (C=O) groups is 1. The average molecular weight is 429 g/mol. The lowest BCUT2D eigenvalue weighted by molar-refractivity contribution is -0.384. The van der Waals surface area contributed by atoms with Gasteiger partial charge in [-0.25, -0.2) is 4.68 Å². The summed E-state index contributed by atoms with van der Waals surface area (Å²) in [5.74, 6) is -0.146. The molecule has 0 bridgehead atoms. The molecule has 2 aromatic carbocycles. The standard InChI is InChI=1S/C19H17ClN6O4/c20-16-11-14(26(29)30)4-5-18(16)23-6-8-24(9-7-23)19(28)17-12-25(22-21-17)13-2-1-3-15(27)10-13/h1-5,10-12,27H,6-9H2. The normalized spacial score (nSPS) is 14.0. The van der Waals surface area contributed by atoms with Crippen molar-refractivity contribution >= 4 is 28.9 Å². The summed E-state index contributed by atoms with van der Waals surface area (Å²) < 4.78 is 1.43. The molecule has 1 aliphatic heterocycles. The van der Waals surface area contributed by atoms with Gasteiger partial charge in [-0.15, -0.1) is 5.10 Å². The number of anilines is 1. The molecule has 0 atom stereocenters. The second-order valence-corrected chi connectivity index (χ2v) is 7.15. The van der Waals surface area contributed by atoms with E-state index in [1.54, 1.807) is 29.2 Å². The van der Waals surface area contributed by atoms with Gasteiger partial charge in [-0.2, -0.15) is 0 Å². The van der Waals surface area contributed by atoms with Gasteiger partial charge in [0.2, 0.25) is 0 Å². The van der Waals surface area contributed by atoms with Crippen molar-refractivity contribution in [3.63, 3.8) is 0 Å². The molecule has 1 N–H and O–H groups in total. The minimum atomic E-state index is -0.490. The highest BCUT2D eigenvalue weighted by molar-refractivity contribution is 6.33. The van der Waals surface area contributed by atoms with Crippen molar-refractivity contribution in [1.29, 1.82) is 0 Å². The quantitative estimate of drug-likeness (QED) is 0.501. The molecule has 3 aromatic rings. The fourth-order valence-corrected chi connectivity index (χ4v) is 3.60. The highest BCUT2D eigenvalue weighted by Crippen LogP contribution is 2.30. The molecular weight excluding hydrogens is 412 g/mol. The molecular formula is C19H17ClN6O4. The number of phenolic OH excluding ortho intramolecular Hbond substituents is 1. The first-order valence-corrected chi connectivity index (χ1v) is 9.50. The number of non-ortho nitro benzene ring substituents is 1. The first-order chi connectivity index (χ1) is 14.4. The van der Waals surface area contributed by atoms with Gasteiger partial charge < -0.3 is 14.9 Å². The van der Waals surface area contributed by atoms with E-state index in [9.17, 15) is 20.0 Å². The Labute approximate surface area is 176 Å². The minimum absolute atomic E-state index is 0.0626. The van der Waals surface area contributed by atoms with Crippen LogP contribution in [0.15, 0.2) is 48.7 Å². The van der Waals surface area contributed by atoms with Gasteiger partial charge in [0.05, 0.1) is 27.5 Å². The van der Waals surface area contributed by atoms with Crippen LogP contribution in [0.2, 0.25) is 5.02 Å². The Morgan fingerprint density at radius 3 is 2.57 bits per heavy atom. The van der Waals surface area contributed by atoms with E-state index in [0.29, 0.717) is 42.6 Å². The minimum Gasteiger partial charge on any atom is -0.508 e. The molecule has 4 rings (SSSR count). The third-order valence-electron chi connectivity index (χ3n) is 4.86. The molecule has 0 radical (unpaired) electrons. The monoisotopic (exact) mass is 428 g/mol. The van der Waals surface area contributed by atoms with Crippen molar-refractivity contribution in [2.75, 3.05) is 31.1 Å². The summed E-state index contributed by atoms with van der Waals surface area (Å²) in [6.07, 6.45) is 1.52. The van der Waals surface area contributed by atoms with E-state index in [2.05, 4.69) is 10.3 Å². The molecule has 1 aromatic heterocycles. The van der Waals surface area contributed by atoms with E-state index in [0.717, 1.165) is 0 Å². The van der Waals surface area contributed by atoms with E-state index in [-0.39, 0.29) is 23.0 Å². The zero-order valence-electron chi connectivity index (χ0n) is 15.7. The van der Waals surface area contributed by atoms with Crippen molar-refractivity contribution < 1.29 is 14.8 Å². The molecule has 0 spiro atoms. The second kappa shape index (κ2) is 7.99. The molecule has 0 aliphatic carbocycles. The number of nitrogens with zero attached hydrogens (tertiary/aromatic N) is 6. The first kappa shape index (κ1) is 19.6. The number of phenols is 1. The van der Waals surface area contributed by atoms with Crippen LogP contribution in [0.4, 0.5) is 11.4 Å². The van der Waals surface area contributed by atoms with Gasteiger partial charge in [-0.1, -0.05) is 22.9 Å². The number of amides is 1. The van der Waals surface area contributed by atoms with Crippen LogP contribution in [0.25, 0.3) is 5.69 Å². The van der Waals surface area contributed by atoms with Gasteiger partial charge in [0, 0.05) is 44.4 Å². The van der Waals surface area contributed by atoms with Gasteiger partial charge in [0.15, 0.2) is 5.69 Å². The lowest BCUT2D eigenvalue weighted by Crippen LogP contribution is -2.49. The molecule has 0 saturated carbocycles. The maximum atomic E-state index is 12.8.